The normalized spacial score (nSPS) is 10.8. The molecule has 0 atom stereocenters. The van der Waals surface area contributed by atoms with E-state index in [1.807, 2.05) is 48.5 Å². The Kier molecular flexibility index (Phi) is 3.49. The first-order valence-electron chi connectivity index (χ1n) is 6.16. The number of thiophene rings is 1. The van der Waals surface area contributed by atoms with Crippen molar-refractivity contribution < 1.29 is 9.84 Å². The van der Waals surface area contributed by atoms with Crippen LogP contribution in [-0.4, -0.2) is 5.11 Å². The maximum Gasteiger partial charge on any atom is 0.128 e. The van der Waals surface area contributed by atoms with Gasteiger partial charge in [0.15, 0.2) is 0 Å². The predicted octanol–water partition coefficient (Wildman–Crippen LogP) is 3.97. The van der Waals surface area contributed by atoms with Crippen molar-refractivity contribution in [2.24, 2.45) is 0 Å². The van der Waals surface area contributed by atoms with Crippen LogP contribution in [0.2, 0.25) is 0 Å². The maximum atomic E-state index is 9.21. The van der Waals surface area contributed by atoms with E-state index in [4.69, 9.17) is 4.74 Å². The molecule has 0 aliphatic carbocycles. The summed E-state index contributed by atoms with van der Waals surface area (Å²) in [6.45, 7) is 0.641. The van der Waals surface area contributed by atoms with Crippen LogP contribution in [0.4, 0.5) is 0 Å². The van der Waals surface area contributed by atoms with Crippen molar-refractivity contribution in [3.8, 4) is 5.75 Å². The van der Waals surface area contributed by atoms with E-state index in [1.165, 1.54) is 0 Å². The first kappa shape index (κ1) is 12.2. The van der Waals surface area contributed by atoms with Gasteiger partial charge in [-0.2, -0.15) is 0 Å². The second-order valence-electron chi connectivity index (χ2n) is 4.31. The standard InChI is InChI=1S/C16H14O2S/c17-10-13-9-14-15(7-4-8-16(14)19-13)18-11-12-5-2-1-3-6-12/h1-9,17H,10-11H2. The van der Waals surface area contributed by atoms with Crippen LogP contribution in [0.1, 0.15) is 10.4 Å². The molecule has 2 aromatic carbocycles. The quantitative estimate of drug-likeness (QED) is 0.777. The molecular formula is C16H14O2S. The summed E-state index contributed by atoms with van der Waals surface area (Å²) in [5.74, 6) is 0.873. The van der Waals surface area contributed by atoms with Gasteiger partial charge in [0.2, 0.25) is 0 Å². The van der Waals surface area contributed by atoms with Crippen LogP contribution in [0.25, 0.3) is 10.1 Å². The number of aliphatic hydroxyl groups is 1. The predicted molar refractivity (Wildman–Crippen MR) is 78.5 cm³/mol. The molecule has 1 heterocycles. The molecule has 0 fully saturated rings. The highest BCUT2D eigenvalue weighted by Crippen LogP contribution is 2.33. The SMILES string of the molecule is OCc1cc2c(OCc3ccccc3)cccc2s1. The zero-order valence-corrected chi connectivity index (χ0v) is 11.2. The van der Waals surface area contributed by atoms with Gasteiger partial charge in [-0.3, -0.25) is 0 Å². The highest BCUT2D eigenvalue weighted by molar-refractivity contribution is 7.19. The van der Waals surface area contributed by atoms with E-state index in [9.17, 15) is 5.11 Å². The van der Waals surface area contributed by atoms with Crippen LogP contribution in [0, 0.1) is 0 Å². The molecule has 1 N–H and O–H groups in total. The van der Waals surface area contributed by atoms with Crippen LogP contribution in [-0.2, 0) is 13.2 Å². The maximum absolute atomic E-state index is 9.21. The molecule has 3 rings (SSSR count). The third-order valence-electron chi connectivity index (χ3n) is 2.97. The zero-order chi connectivity index (χ0) is 13.1. The summed E-state index contributed by atoms with van der Waals surface area (Å²) in [5.41, 5.74) is 1.15. The Balaban J connectivity index is 1.86. The molecule has 3 heteroatoms. The molecule has 0 saturated carbocycles. The summed E-state index contributed by atoms with van der Waals surface area (Å²) in [4.78, 5) is 0.964. The van der Waals surface area contributed by atoms with Gasteiger partial charge in [-0.25, -0.2) is 0 Å². The van der Waals surface area contributed by atoms with Crippen molar-refractivity contribution in [2.45, 2.75) is 13.2 Å². The van der Waals surface area contributed by atoms with Crippen molar-refractivity contribution in [3.05, 3.63) is 65.0 Å². The first-order valence-corrected chi connectivity index (χ1v) is 6.97. The molecule has 3 aromatic rings. The van der Waals surface area contributed by atoms with Crippen LogP contribution in [0.5, 0.6) is 5.75 Å². The molecule has 0 radical (unpaired) electrons. The molecule has 0 saturated heterocycles. The number of aliphatic hydroxyl groups excluding tert-OH is 1. The second kappa shape index (κ2) is 5.43. The van der Waals surface area contributed by atoms with Crippen molar-refractivity contribution in [2.75, 3.05) is 0 Å². The summed E-state index contributed by atoms with van der Waals surface area (Å²) < 4.78 is 7.04. The van der Waals surface area contributed by atoms with Crippen LogP contribution >= 0.6 is 11.3 Å². The molecule has 0 spiro atoms. The van der Waals surface area contributed by atoms with Gasteiger partial charge in [-0.1, -0.05) is 36.4 Å². The Labute approximate surface area is 115 Å². The largest absolute Gasteiger partial charge is 0.488 e. The summed E-state index contributed by atoms with van der Waals surface area (Å²) in [5, 5.41) is 10.3. The topological polar surface area (TPSA) is 29.5 Å². The van der Waals surface area contributed by atoms with E-state index < -0.39 is 0 Å². The number of hydrogen-bond donors (Lipinski definition) is 1. The molecule has 0 aliphatic rings. The van der Waals surface area contributed by atoms with E-state index in [1.54, 1.807) is 11.3 Å². The Bertz CT molecular complexity index is 674. The van der Waals surface area contributed by atoms with E-state index in [0.29, 0.717) is 6.61 Å². The summed E-state index contributed by atoms with van der Waals surface area (Å²) in [6.07, 6.45) is 0. The monoisotopic (exact) mass is 270 g/mol. The fourth-order valence-corrected chi connectivity index (χ4v) is 2.97. The van der Waals surface area contributed by atoms with Gasteiger partial charge < -0.3 is 9.84 Å². The van der Waals surface area contributed by atoms with Gasteiger partial charge in [0, 0.05) is 15.0 Å². The minimum absolute atomic E-state index is 0.0808. The number of ether oxygens (including phenoxy) is 1. The lowest BCUT2D eigenvalue weighted by Crippen LogP contribution is -1.94. The Morgan fingerprint density at radius 3 is 2.63 bits per heavy atom. The van der Waals surface area contributed by atoms with E-state index in [0.717, 1.165) is 26.3 Å². The van der Waals surface area contributed by atoms with E-state index in [2.05, 4.69) is 6.07 Å². The number of fused-ring (bicyclic) bond motifs is 1. The van der Waals surface area contributed by atoms with Crippen LogP contribution < -0.4 is 4.74 Å². The molecule has 1 aromatic heterocycles. The molecule has 0 amide bonds. The highest BCUT2D eigenvalue weighted by Gasteiger charge is 2.06. The van der Waals surface area contributed by atoms with E-state index in [-0.39, 0.29) is 6.61 Å². The summed E-state index contributed by atoms with van der Waals surface area (Å²) in [7, 11) is 0. The van der Waals surface area contributed by atoms with Crippen LogP contribution in [0.15, 0.2) is 54.6 Å². The second-order valence-corrected chi connectivity index (χ2v) is 5.48. The fourth-order valence-electron chi connectivity index (χ4n) is 2.03. The van der Waals surface area contributed by atoms with E-state index >= 15 is 0 Å². The first-order chi connectivity index (χ1) is 9.36. The smallest absolute Gasteiger partial charge is 0.128 e. The third kappa shape index (κ3) is 2.62. The van der Waals surface area contributed by atoms with Crippen LogP contribution in [0.3, 0.4) is 0 Å². The lowest BCUT2D eigenvalue weighted by Gasteiger charge is -2.07. The summed E-state index contributed by atoms with van der Waals surface area (Å²) >= 11 is 1.60. The molecule has 2 nitrogen and oxygen atoms in total. The van der Waals surface area contributed by atoms with Gasteiger partial charge in [-0.05, 0) is 23.8 Å². The average Bonchev–Trinajstić information content (AvgIpc) is 2.90. The Hall–Kier alpha value is -1.84. The van der Waals surface area contributed by atoms with Crippen molar-refractivity contribution >= 4 is 21.4 Å². The van der Waals surface area contributed by atoms with Gasteiger partial charge in [0.1, 0.15) is 12.4 Å². The van der Waals surface area contributed by atoms with Gasteiger partial charge >= 0.3 is 0 Å². The van der Waals surface area contributed by atoms with Gasteiger partial charge in [0.05, 0.1) is 6.61 Å². The van der Waals surface area contributed by atoms with Gasteiger partial charge in [-0.15, -0.1) is 11.3 Å². The minimum atomic E-state index is 0.0808. The van der Waals surface area contributed by atoms with Crippen molar-refractivity contribution in [1.29, 1.82) is 0 Å². The zero-order valence-electron chi connectivity index (χ0n) is 10.4. The number of hydrogen-bond acceptors (Lipinski definition) is 3. The number of benzene rings is 2. The van der Waals surface area contributed by atoms with Crippen molar-refractivity contribution in [1.82, 2.24) is 0 Å². The lowest BCUT2D eigenvalue weighted by molar-refractivity contribution is 0.285. The third-order valence-corrected chi connectivity index (χ3v) is 4.05. The number of rotatable bonds is 4. The van der Waals surface area contributed by atoms with Crippen molar-refractivity contribution in [3.63, 3.8) is 0 Å². The molecule has 96 valence electrons. The highest BCUT2D eigenvalue weighted by atomic mass is 32.1. The average molecular weight is 270 g/mol. The molecule has 0 unspecified atom stereocenters. The summed E-state index contributed by atoms with van der Waals surface area (Å²) in [6, 6.07) is 18.1. The molecule has 0 aliphatic heterocycles. The fraction of sp³-hybridized carbons (Fsp3) is 0.125. The Morgan fingerprint density at radius 1 is 1.00 bits per heavy atom. The Morgan fingerprint density at radius 2 is 1.84 bits per heavy atom. The molecule has 19 heavy (non-hydrogen) atoms. The lowest BCUT2D eigenvalue weighted by atomic mass is 10.2. The van der Waals surface area contributed by atoms with Gasteiger partial charge in [0.25, 0.3) is 0 Å². The minimum Gasteiger partial charge on any atom is -0.488 e. The molecule has 0 bridgehead atoms. The molecular weight excluding hydrogens is 256 g/mol.